The van der Waals surface area contributed by atoms with Crippen LogP contribution in [0, 0.1) is 11.8 Å². The summed E-state index contributed by atoms with van der Waals surface area (Å²) in [4.78, 5) is 16.6. The molecule has 26 heavy (non-hydrogen) atoms. The molecule has 4 nitrogen and oxygen atoms in total. The molecular formula is C21H27N3OS. The van der Waals surface area contributed by atoms with Gasteiger partial charge in [0.05, 0.1) is 6.04 Å². The first-order valence-corrected chi connectivity index (χ1v) is 10.4. The fourth-order valence-electron chi connectivity index (χ4n) is 3.91. The van der Waals surface area contributed by atoms with Gasteiger partial charge in [-0.2, -0.15) is 0 Å². The summed E-state index contributed by atoms with van der Waals surface area (Å²) in [6, 6.07) is 13.1. The number of hydrogen-bond acceptors (Lipinski definition) is 4. The Labute approximate surface area is 159 Å². The fraction of sp³-hybridized carbons (Fsp3) is 0.476. The third-order valence-electron chi connectivity index (χ3n) is 5.87. The standard InChI is InChI=1S/C21H27N3OS/c1-15(18-11-22-12-18)21(25)23-13-19(16-5-3-2-4-6-16)24-9-7-20-17(14-24)8-10-26-20/h2-6,8,10,15,18-19,22H,7,9,11-14H2,1H3,(H,23,25). The van der Waals surface area contributed by atoms with Gasteiger partial charge in [-0.3, -0.25) is 9.69 Å². The summed E-state index contributed by atoms with van der Waals surface area (Å²) in [5.41, 5.74) is 2.73. The zero-order valence-electron chi connectivity index (χ0n) is 15.3. The van der Waals surface area contributed by atoms with Crippen molar-refractivity contribution in [3.63, 3.8) is 0 Å². The van der Waals surface area contributed by atoms with Crippen LogP contribution < -0.4 is 10.6 Å². The van der Waals surface area contributed by atoms with Gasteiger partial charge < -0.3 is 10.6 Å². The molecule has 2 unspecified atom stereocenters. The highest BCUT2D eigenvalue weighted by Crippen LogP contribution is 2.30. The van der Waals surface area contributed by atoms with E-state index in [-0.39, 0.29) is 17.9 Å². The topological polar surface area (TPSA) is 44.4 Å². The van der Waals surface area contributed by atoms with Gasteiger partial charge in [0.2, 0.25) is 5.91 Å². The van der Waals surface area contributed by atoms with Crippen molar-refractivity contribution in [1.82, 2.24) is 15.5 Å². The van der Waals surface area contributed by atoms with E-state index in [9.17, 15) is 4.79 Å². The van der Waals surface area contributed by atoms with Crippen LogP contribution in [0.3, 0.4) is 0 Å². The van der Waals surface area contributed by atoms with Crippen molar-refractivity contribution < 1.29 is 4.79 Å². The lowest BCUT2D eigenvalue weighted by atomic mass is 9.88. The first-order valence-electron chi connectivity index (χ1n) is 9.55. The Balaban J connectivity index is 1.46. The summed E-state index contributed by atoms with van der Waals surface area (Å²) < 4.78 is 0. The number of carbonyl (C=O) groups excluding carboxylic acids is 1. The van der Waals surface area contributed by atoms with E-state index in [1.807, 2.05) is 11.3 Å². The molecule has 2 aliphatic heterocycles. The van der Waals surface area contributed by atoms with Gasteiger partial charge >= 0.3 is 0 Å². The van der Waals surface area contributed by atoms with Crippen molar-refractivity contribution in [3.05, 3.63) is 57.8 Å². The Bertz CT molecular complexity index is 741. The van der Waals surface area contributed by atoms with Gasteiger partial charge in [-0.1, -0.05) is 37.3 Å². The van der Waals surface area contributed by atoms with Crippen LogP contribution in [0.15, 0.2) is 41.8 Å². The van der Waals surface area contributed by atoms with Crippen LogP contribution in [0.25, 0.3) is 0 Å². The van der Waals surface area contributed by atoms with Crippen molar-refractivity contribution in [2.75, 3.05) is 26.2 Å². The zero-order chi connectivity index (χ0) is 17.9. The van der Waals surface area contributed by atoms with E-state index in [0.29, 0.717) is 12.5 Å². The predicted molar refractivity (Wildman–Crippen MR) is 106 cm³/mol. The molecule has 5 heteroatoms. The molecule has 1 aromatic carbocycles. The second-order valence-corrected chi connectivity index (χ2v) is 8.47. The van der Waals surface area contributed by atoms with Crippen LogP contribution in [0.1, 0.15) is 29.0 Å². The molecule has 1 aromatic heterocycles. The number of amides is 1. The summed E-state index contributed by atoms with van der Waals surface area (Å²) in [6.07, 6.45) is 1.11. The number of rotatable bonds is 6. The van der Waals surface area contributed by atoms with E-state index in [1.165, 1.54) is 16.0 Å². The molecule has 3 heterocycles. The predicted octanol–water partition coefficient (Wildman–Crippen LogP) is 2.82. The minimum absolute atomic E-state index is 0.0810. The van der Waals surface area contributed by atoms with E-state index in [4.69, 9.17) is 0 Å². The molecule has 138 valence electrons. The molecule has 0 bridgehead atoms. The van der Waals surface area contributed by atoms with Gasteiger partial charge in [-0.05, 0) is 48.0 Å². The van der Waals surface area contributed by atoms with Crippen molar-refractivity contribution in [1.29, 1.82) is 0 Å². The molecule has 0 radical (unpaired) electrons. The molecule has 0 spiro atoms. The lowest BCUT2D eigenvalue weighted by Crippen LogP contribution is -2.50. The average Bonchev–Trinajstić information content (AvgIpc) is 3.09. The average molecular weight is 370 g/mol. The van der Waals surface area contributed by atoms with Crippen molar-refractivity contribution in [3.8, 4) is 0 Å². The Hall–Kier alpha value is -1.69. The number of thiophene rings is 1. The fourth-order valence-corrected chi connectivity index (χ4v) is 4.80. The first-order chi connectivity index (χ1) is 12.7. The quantitative estimate of drug-likeness (QED) is 0.823. The monoisotopic (exact) mass is 369 g/mol. The zero-order valence-corrected chi connectivity index (χ0v) is 16.1. The number of fused-ring (bicyclic) bond motifs is 1. The smallest absolute Gasteiger partial charge is 0.223 e. The summed E-state index contributed by atoms with van der Waals surface area (Å²) in [5.74, 6) is 0.747. The number of carbonyl (C=O) groups is 1. The van der Waals surface area contributed by atoms with E-state index in [1.54, 1.807) is 0 Å². The molecular weight excluding hydrogens is 342 g/mol. The van der Waals surface area contributed by atoms with Gasteiger partial charge in [-0.15, -0.1) is 11.3 Å². The van der Waals surface area contributed by atoms with Crippen LogP contribution in [0.4, 0.5) is 0 Å². The normalized spacial score (nSPS) is 20.0. The number of hydrogen-bond donors (Lipinski definition) is 2. The third kappa shape index (κ3) is 3.70. The van der Waals surface area contributed by atoms with Crippen LogP contribution in [-0.4, -0.2) is 37.0 Å². The Morgan fingerprint density at radius 1 is 1.31 bits per heavy atom. The lowest BCUT2D eigenvalue weighted by molar-refractivity contribution is -0.127. The van der Waals surface area contributed by atoms with Crippen LogP contribution >= 0.6 is 11.3 Å². The Kier molecular flexibility index (Phi) is 5.38. The Morgan fingerprint density at radius 3 is 2.85 bits per heavy atom. The molecule has 1 amide bonds. The number of benzene rings is 1. The maximum Gasteiger partial charge on any atom is 0.223 e. The second-order valence-electron chi connectivity index (χ2n) is 7.47. The largest absolute Gasteiger partial charge is 0.354 e. The van der Waals surface area contributed by atoms with Gasteiger partial charge in [-0.25, -0.2) is 0 Å². The number of nitrogens with one attached hydrogen (secondary N) is 2. The van der Waals surface area contributed by atoms with Crippen LogP contribution in [0.5, 0.6) is 0 Å². The van der Waals surface area contributed by atoms with Crippen LogP contribution in [-0.2, 0) is 17.8 Å². The summed E-state index contributed by atoms with van der Waals surface area (Å²) in [5, 5.41) is 8.69. The van der Waals surface area contributed by atoms with Crippen molar-refractivity contribution in [2.45, 2.75) is 25.9 Å². The van der Waals surface area contributed by atoms with Crippen molar-refractivity contribution in [2.24, 2.45) is 11.8 Å². The van der Waals surface area contributed by atoms with E-state index in [2.05, 4.69) is 64.2 Å². The molecule has 1 saturated heterocycles. The summed E-state index contributed by atoms with van der Waals surface area (Å²) in [7, 11) is 0. The summed E-state index contributed by atoms with van der Waals surface area (Å²) in [6.45, 7) is 6.67. The van der Waals surface area contributed by atoms with E-state index in [0.717, 1.165) is 32.6 Å². The minimum Gasteiger partial charge on any atom is -0.354 e. The maximum atomic E-state index is 12.6. The molecule has 0 aliphatic carbocycles. The molecule has 2 aliphatic rings. The molecule has 1 fully saturated rings. The van der Waals surface area contributed by atoms with Crippen LogP contribution in [0.2, 0.25) is 0 Å². The second kappa shape index (κ2) is 7.91. The lowest BCUT2D eigenvalue weighted by Gasteiger charge is -2.36. The highest BCUT2D eigenvalue weighted by Gasteiger charge is 2.30. The first kappa shape index (κ1) is 17.7. The molecule has 0 saturated carbocycles. The maximum absolute atomic E-state index is 12.6. The van der Waals surface area contributed by atoms with Gasteiger partial charge in [0.15, 0.2) is 0 Å². The van der Waals surface area contributed by atoms with E-state index < -0.39 is 0 Å². The molecule has 4 rings (SSSR count). The molecule has 2 aromatic rings. The minimum atomic E-state index is 0.0810. The third-order valence-corrected chi connectivity index (χ3v) is 6.89. The van der Waals surface area contributed by atoms with E-state index >= 15 is 0 Å². The van der Waals surface area contributed by atoms with Gasteiger partial charge in [0.1, 0.15) is 0 Å². The SMILES string of the molecule is CC(C(=O)NCC(c1ccccc1)N1CCc2sccc2C1)C1CNC1. The van der Waals surface area contributed by atoms with Crippen molar-refractivity contribution >= 4 is 17.2 Å². The Morgan fingerprint density at radius 2 is 2.12 bits per heavy atom. The molecule has 2 N–H and O–H groups in total. The highest BCUT2D eigenvalue weighted by molar-refractivity contribution is 7.10. The highest BCUT2D eigenvalue weighted by atomic mass is 32.1. The molecule has 2 atom stereocenters. The summed E-state index contributed by atoms with van der Waals surface area (Å²) >= 11 is 1.87. The van der Waals surface area contributed by atoms with Gasteiger partial charge in [0, 0.05) is 30.4 Å². The number of nitrogens with zero attached hydrogens (tertiary/aromatic N) is 1. The van der Waals surface area contributed by atoms with Gasteiger partial charge in [0.25, 0.3) is 0 Å².